The maximum absolute atomic E-state index is 12.9. The third-order valence-corrected chi connectivity index (χ3v) is 4.59. The molecule has 0 spiro atoms. The van der Waals surface area contributed by atoms with Crippen LogP contribution >= 0.6 is 0 Å². The number of nitrogens with one attached hydrogen (secondary N) is 3. The average molecular weight is 348 g/mol. The Bertz CT molecular complexity index is 668. The van der Waals surface area contributed by atoms with Gasteiger partial charge in [0.2, 0.25) is 17.8 Å². The Hall–Kier alpha value is -2.48. The fraction of sp³-hybridized carbons (Fsp3) is 0.471. The van der Waals surface area contributed by atoms with Gasteiger partial charge in [-0.1, -0.05) is 0 Å². The maximum Gasteiger partial charge on any atom is 0.249 e. The summed E-state index contributed by atoms with van der Waals surface area (Å²) in [6.07, 6.45) is 0.0106. The number of nitrogens with zero attached hydrogens (tertiary/aromatic N) is 2. The van der Waals surface area contributed by atoms with Gasteiger partial charge in [-0.2, -0.15) is 0 Å². The van der Waals surface area contributed by atoms with Crippen LogP contribution in [0, 0.1) is 5.82 Å². The predicted octanol–water partition coefficient (Wildman–Crippen LogP) is -0.771. The molecule has 25 heavy (non-hydrogen) atoms. The second kappa shape index (κ2) is 7.60. The first-order valence-corrected chi connectivity index (χ1v) is 8.57. The second-order valence-corrected chi connectivity index (χ2v) is 6.31. The van der Waals surface area contributed by atoms with Crippen LogP contribution in [-0.2, 0) is 9.59 Å². The highest BCUT2D eigenvalue weighted by atomic mass is 19.1. The number of carbonyl (C=O) groups excluding carboxylic acids is 2. The molecule has 1 saturated heterocycles. The zero-order valence-electron chi connectivity index (χ0n) is 14.2. The topological polar surface area (TPSA) is 78.2 Å². The van der Waals surface area contributed by atoms with Gasteiger partial charge in [0.05, 0.1) is 39.1 Å². The molecule has 8 heteroatoms. The van der Waals surface area contributed by atoms with Crippen molar-refractivity contribution in [1.29, 1.82) is 0 Å². The number of piperazine rings is 1. The Morgan fingerprint density at radius 3 is 2.68 bits per heavy atom. The van der Waals surface area contributed by atoms with Gasteiger partial charge < -0.3 is 15.1 Å². The smallest absolute Gasteiger partial charge is 0.249 e. The second-order valence-electron chi connectivity index (χ2n) is 6.31. The standard InChI is InChI=1S/C17H22FN5O2/c1-2-22-7-9-23(10-8-22)17-20-14(11-15(24)21-17)16(25)19-13-5-3-12(18)4-6-13/h3-6,14H,2,7-11H2,1H3,(H,19,25)(H,20,21,24)/p+1/t14-/m1/s1. The number of benzene rings is 1. The molecule has 0 radical (unpaired) electrons. The van der Waals surface area contributed by atoms with E-state index >= 15 is 0 Å². The summed E-state index contributed by atoms with van der Waals surface area (Å²) in [5.74, 6) is -0.472. The zero-order valence-corrected chi connectivity index (χ0v) is 14.2. The van der Waals surface area contributed by atoms with Crippen LogP contribution in [0.2, 0.25) is 0 Å². The monoisotopic (exact) mass is 348 g/mol. The molecule has 2 aliphatic rings. The Morgan fingerprint density at radius 2 is 2.04 bits per heavy atom. The van der Waals surface area contributed by atoms with Crippen LogP contribution in [0.5, 0.6) is 0 Å². The van der Waals surface area contributed by atoms with Crippen molar-refractivity contribution in [1.82, 2.24) is 10.2 Å². The van der Waals surface area contributed by atoms with Crippen molar-refractivity contribution in [2.24, 2.45) is 4.99 Å². The highest BCUT2D eigenvalue weighted by Crippen LogP contribution is 2.13. The minimum Gasteiger partial charge on any atom is -0.332 e. The molecule has 7 nitrogen and oxygen atoms in total. The molecular formula is C17H23FN5O2+. The molecule has 0 aromatic heterocycles. The molecule has 2 amide bonds. The van der Waals surface area contributed by atoms with Gasteiger partial charge in [0.1, 0.15) is 11.9 Å². The van der Waals surface area contributed by atoms with Crippen molar-refractivity contribution < 1.29 is 18.9 Å². The van der Waals surface area contributed by atoms with Crippen LogP contribution in [0.1, 0.15) is 13.3 Å². The van der Waals surface area contributed by atoms with Gasteiger partial charge >= 0.3 is 0 Å². The summed E-state index contributed by atoms with van der Waals surface area (Å²) in [4.78, 5) is 32.4. The van der Waals surface area contributed by atoms with Crippen molar-refractivity contribution in [3.05, 3.63) is 30.1 Å². The first kappa shape index (κ1) is 17.3. The number of likely N-dealkylation sites (N-methyl/N-ethyl adjacent to an activating group) is 1. The fourth-order valence-electron chi connectivity index (χ4n) is 3.04. The zero-order chi connectivity index (χ0) is 17.8. The van der Waals surface area contributed by atoms with E-state index < -0.39 is 6.04 Å². The average Bonchev–Trinajstić information content (AvgIpc) is 2.63. The number of quaternary nitrogens is 1. The van der Waals surface area contributed by atoms with E-state index in [-0.39, 0.29) is 24.1 Å². The van der Waals surface area contributed by atoms with Crippen LogP contribution in [0.15, 0.2) is 29.3 Å². The van der Waals surface area contributed by atoms with E-state index in [0.717, 1.165) is 32.7 Å². The number of amides is 2. The number of carbonyl (C=O) groups is 2. The number of aliphatic imine (C=N–C) groups is 1. The number of hydrogen-bond donors (Lipinski definition) is 3. The van der Waals surface area contributed by atoms with Crippen LogP contribution in [0.25, 0.3) is 0 Å². The van der Waals surface area contributed by atoms with E-state index in [2.05, 4.69) is 22.5 Å². The van der Waals surface area contributed by atoms with E-state index in [1.807, 2.05) is 4.90 Å². The minimum atomic E-state index is -0.773. The number of rotatable bonds is 3. The van der Waals surface area contributed by atoms with Gasteiger partial charge in [-0.25, -0.2) is 9.38 Å². The van der Waals surface area contributed by atoms with Crippen LogP contribution in [0.3, 0.4) is 0 Å². The van der Waals surface area contributed by atoms with Gasteiger partial charge in [-0.05, 0) is 31.2 Å². The van der Waals surface area contributed by atoms with Gasteiger partial charge in [0.15, 0.2) is 0 Å². The summed E-state index contributed by atoms with van der Waals surface area (Å²) in [7, 11) is 0. The van der Waals surface area contributed by atoms with Crippen molar-refractivity contribution in [2.45, 2.75) is 19.4 Å². The molecule has 2 aliphatic heterocycles. The van der Waals surface area contributed by atoms with E-state index in [0.29, 0.717) is 11.6 Å². The molecular weight excluding hydrogens is 325 g/mol. The largest absolute Gasteiger partial charge is 0.332 e. The molecule has 3 rings (SSSR count). The third kappa shape index (κ3) is 4.33. The lowest BCUT2D eigenvalue weighted by atomic mass is 10.1. The lowest BCUT2D eigenvalue weighted by molar-refractivity contribution is -0.902. The van der Waals surface area contributed by atoms with Crippen molar-refractivity contribution >= 4 is 23.5 Å². The van der Waals surface area contributed by atoms with E-state index in [4.69, 9.17) is 0 Å². The third-order valence-electron chi connectivity index (χ3n) is 4.59. The van der Waals surface area contributed by atoms with Gasteiger partial charge in [0.25, 0.3) is 0 Å². The Morgan fingerprint density at radius 1 is 1.36 bits per heavy atom. The summed E-state index contributed by atoms with van der Waals surface area (Å²) in [5.41, 5.74) is 0.481. The lowest BCUT2D eigenvalue weighted by Gasteiger charge is -2.35. The van der Waals surface area contributed by atoms with Gasteiger partial charge in [0, 0.05) is 5.69 Å². The number of hydrogen-bond acceptors (Lipinski definition) is 4. The highest BCUT2D eigenvalue weighted by Gasteiger charge is 2.31. The quantitative estimate of drug-likeness (QED) is 0.671. The summed E-state index contributed by atoms with van der Waals surface area (Å²) in [5, 5.41) is 5.46. The Kier molecular flexibility index (Phi) is 5.28. The first-order valence-electron chi connectivity index (χ1n) is 8.57. The Labute approximate surface area is 145 Å². The summed E-state index contributed by atoms with van der Waals surface area (Å²) in [6.45, 7) is 6.80. The summed E-state index contributed by atoms with van der Waals surface area (Å²) >= 11 is 0. The van der Waals surface area contributed by atoms with Gasteiger partial charge in [-0.3, -0.25) is 14.9 Å². The normalized spacial score (nSPS) is 21.5. The molecule has 0 aliphatic carbocycles. The molecule has 134 valence electrons. The molecule has 0 unspecified atom stereocenters. The van der Waals surface area contributed by atoms with Gasteiger partial charge in [-0.15, -0.1) is 0 Å². The molecule has 3 N–H and O–H groups in total. The van der Waals surface area contributed by atoms with E-state index in [1.165, 1.54) is 29.2 Å². The molecule has 2 heterocycles. The van der Waals surface area contributed by atoms with Crippen LogP contribution in [-0.4, -0.2) is 61.4 Å². The highest BCUT2D eigenvalue weighted by molar-refractivity contribution is 6.05. The van der Waals surface area contributed by atoms with Crippen molar-refractivity contribution in [3.8, 4) is 0 Å². The number of guanidine groups is 1. The summed E-state index contributed by atoms with van der Waals surface area (Å²) in [6, 6.07) is 4.73. The van der Waals surface area contributed by atoms with E-state index in [1.54, 1.807) is 0 Å². The lowest BCUT2D eigenvalue weighted by Crippen LogP contribution is -3.14. The molecule has 0 bridgehead atoms. The molecule has 1 aromatic carbocycles. The van der Waals surface area contributed by atoms with Crippen molar-refractivity contribution in [2.75, 3.05) is 38.0 Å². The van der Waals surface area contributed by atoms with Crippen molar-refractivity contribution in [3.63, 3.8) is 0 Å². The fourth-order valence-corrected chi connectivity index (χ4v) is 3.04. The summed E-state index contributed by atoms with van der Waals surface area (Å²) < 4.78 is 12.9. The first-order chi connectivity index (χ1) is 12.0. The molecule has 1 atom stereocenters. The van der Waals surface area contributed by atoms with Crippen LogP contribution < -0.4 is 15.5 Å². The number of halogens is 1. The van der Waals surface area contributed by atoms with E-state index in [9.17, 15) is 14.0 Å². The maximum atomic E-state index is 12.9. The molecule has 0 saturated carbocycles. The Balaban J connectivity index is 1.67. The molecule has 1 aromatic rings. The molecule has 1 fully saturated rings. The van der Waals surface area contributed by atoms with Crippen LogP contribution in [0.4, 0.5) is 10.1 Å². The predicted molar refractivity (Wildman–Crippen MR) is 91.8 cm³/mol. The number of anilines is 1. The minimum absolute atomic E-state index is 0.0106. The SMILES string of the molecule is CC[NH+]1CCN(C2=N[C@@H](C(=O)Nc3ccc(F)cc3)CC(=O)N2)CC1.